The van der Waals surface area contributed by atoms with E-state index in [1.54, 1.807) is 6.33 Å². The lowest BCUT2D eigenvalue weighted by Gasteiger charge is -2.12. The molecule has 1 unspecified atom stereocenters. The van der Waals surface area contributed by atoms with Crippen LogP contribution in [0.1, 0.15) is 19.7 Å². The molecule has 0 bridgehead atoms. The minimum absolute atomic E-state index is 0.306. The predicted molar refractivity (Wildman–Crippen MR) is 70.7 cm³/mol. The van der Waals surface area contributed by atoms with Crippen LogP contribution < -0.4 is 5.32 Å². The van der Waals surface area contributed by atoms with E-state index in [0.717, 1.165) is 12.4 Å². The van der Waals surface area contributed by atoms with Crippen molar-refractivity contribution in [1.82, 2.24) is 20.1 Å². The maximum atomic E-state index is 9.69. The number of aryl methyl sites for hydroxylation is 1. The van der Waals surface area contributed by atoms with E-state index in [2.05, 4.69) is 15.5 Å². The second-order valence-electron chi connectivity index (χ2n) is 4.09. The van der Waals surface area contributed by atoms with Crippen LogP contribution in [-0.2, 0) is 22.6 Å². The molecule has 0 aromatic carbocycles. The molecule has 1 atom stereocenters. The first-order valence-electron chi connectivity index (χ1n) is 6.68. The van der Waals surface area contributed by atoms with Crippen LogP contribution in [-0.4, -0.2) is 58.9 Å². The van der Waals surface area contributed by atoms with Crippen LogP contribution in [0.15, 0.2) is 6.33 Å². The van der Waals surface area contributed by atoms with Crippen molar-refractivity contribution in [3.8, 4) is 0 Å². The molecule has 7 nitrogen and oxygen atoms in total. The Morgan fingerprint density at radius 1 is 1.37 bits per heavy atom. The monoisotopic (exact) mass is 272 g/mol. The number of aliphatic hydroxyl groups excluding tert-OH is 1. The van der Waals surface area contributed by atoms with Gasteiger partial charge in [0.2, 0.25) is 0 Å². The van der Waals surface area contributed by atoms with Crippen LogP contribution >= 0.6 is 0 Å². The number of nitrogens with one attached hydrogen (secondary N) is 1. The molecule has 0 spiro atoms. The van der Waals surface area contributed by atoms with Crippen LogP contribution in [0.3, 0.4) is 0 Å². The summed E-state index contributed by atoms with van der Waals surface area (Å²) < 4.78 is 12.4. The van der Waals surface area contributed by atoms with Crippen LogP contribution in [0.5, 0.6) is 0 Å². The Morgan fingerprint density at radius 3 is 2.89 bits per heavy atom. The van der Waals surface area contributed by atoms with Gasteiger partial charge in [-0.15, -0.1) is 10.2 Å². The van der Waals surface area contributed by atoms with Gasteiger partial charge in [-0.25, -0.2) is 0 Å². The van der Waals surface area contributed by atoms with E-state index in [0.29, 0.717) is 39.5 Å². The summed E-state index contributed by atoms with van der Waals surface area (Å²) in [6.45, 7) is 7.93. The van der Waals surface area contributed by atoms with Gasteiger partial charge >= 0.3 is 0 Å². The lowest BCUT2D eigenvalue weighted by Crippen LogP contribution is -2.31. The summed E-state index contributed by atoms with van der Waals surface area (Å²) in [5.74, 6) is 0.868. The average molecular weight is 272 g/mol. The molecule has 110 valence electrons. The summed E-state index contributed by atoms with van der Waals surface area (Å²) in [6, 6.07) is 0. The third kappa shape index (κ3) is 6.63. The maximum absolute atomic E-state index is 9.69. The third-order valence-electron chi connectivity index (χ3n) is 2.59. The van der Waals surface area contributed by atoms with Gasteiger partial charge in [0.15, 0.2) is 0 Å². The second kappa shape index (κ2) is 9.85. The molecule has 0 fully saturated rings. The van der Waals surface area contributed by atoms with E-state index >= 15 is 0 Å². The molecule has 1 heterocycles. The Balaban J connectivity index is 2.05. The van der Waals surface area contributed by atoms with Crippen molar-refractivity contribution < 1.29 is 14.6 Å². The Kier molecular flexibility index (Phi) is 8.31. The number of rotatable bonds is 11. The van der Waals surface area contributed by atoms with E-state index in [1.807, 2.05) is 18.4 Å². The Bertz CT molecular complexity index is 333. The highest BCUT2D eigenvalue weighted by atomic mass is 16.5. The Hall–Kier alpha value is -1.02. The van der Waals surface area contributed by atoms with E-state index in [9.17, 15) is 5.11 Å². The standard InChI is InChI=1S/C12H24N4O3/c1-3-16-10-14-15-12(16)8-13-7-11(17)9-19-6-5-18-4-2/h10-11,13,17H,3-9H2,1-2H3. The van der Waals surface area contributed by atoms with Crippen molar-refractivity contribution in [2.24, 2.45) is 0 Å². The zero-order valence-electron chi connectivity index (χ0n) is 11.7. The van der Waals surface area contributed by atoms with E-state index in [1.165, 1.54) is 0 Å². The highest BCUT2D eigenvalue weighted by Gasteiger charge is 2.06. The molecule has 0 radical (unpaired) electrons. The SMILES string of the molecule is CCOCCOCC(O)CNCc1nncn1CC. The molecule has 2 N–H and O–H groups in total. The van der Waals surface area contributed by atoms with Crippen molar-refractivity contribution in [3.05, 3.63) is 12.2 Å². The number of hydrogen-bond donors (Lipinski definition) is 2. The van der Waals surface area contributed by atoms with Crippen molar-refractivity contribution >= 4 is 0 Å². The van der Waals surface area contributed by atoms with Gasteiger partial charge in [0.05, 0.1) is 32.5 Å². The molecule has 0 saturated heterocycles. The minimum atomic E-state index is -0.528. The number of ether oxygens (including phenoxy) is 2. The van der Waals surface area contributed by atoms with Gasteiger partial charge in [-0.2, -0.15) is 0 Å². The molecule has 1 rings (SSSR count). The van der Waals surface area contributed by atoms with Gasteiger partial charge in [-0.05, 0) is 13.8 Å². The summed E-state index contributed by atoms with van der Waals surface area (Å²) in [5.41, 5.74) is 0. The summed E-state index contributed by atoms with van der Waals surface area (Å²) in [6.07, 6.45) is 1.17. The van der Waals surface area contributed by atoms with Gasteiger partial charge in [-0.1, -0.05) is 0 Å². The lowest BCUT2D eigenvalue weighted by atomic mass is 10.3. The van der Waals surface area contributed by atoms with Gasteiger partial charge in [0.1, 0.15) is 12.2 Å². The van der Waals surface area contributed by atoms with Crippen LogP contribution in [0.25, 0.3) is 0 Å². The quantitative estimate of drug-likeness (QED) is 0.543. The normalized spacial score (nSPS) is 12.8. The first kappa shape index (κ1) is 16.0. The summed E-state index contributed by atoms with van der Waals surface area (Å²) in [7, 11) is 0. The van der Waals surface area contributed by atoms with Crippen molar-refractivity contribution in [2.75, 3.05) is 33.0 Å². The number of hydrogen-bond acceptors (Lipinski definition) is 6. The van der Waals surface area contributed by atoms with Gasteiger partial charge in [0, 0.05) is 19.7 Å². The first-order valence-corrected chi connectivity index (χ1v) is 6.68. The second-order valence-corrected chi connectivity index (χ2v) is 4.09. The molecule has 1 aromatic heterocycles. The highest BCUT2D eigenvalue weighted by Crippen LogP contribution is 1.94. The predicted octanol–water partition coefficient (Wildman–Crippen LogP) is -0.198. The van der Waals surface area contributed by atoms with Crippen LogP contribution in [0.2, 0.25) is 0 Å². The fourth-order valence-electron chi connectivity index (χ4n) is 1.57. The highest BCUT2D eigenvalue weighted by molar-refractivity contribution is 4.84. The average Bonchev–Trinajstić information content (AvgIpc) is 2.86. The van der Waals surface area contributed by atoms with Crippen molar-refractivity contribution in [3.63, 3.8) is 0 Å². The van der Waals surface area contributed by atoms with Gasteiger partial charge in [0.25, 0.3) is 0 Å². The smallest absolute Gasteiger partial charge is 0.146 e. The summed E-state index contributed by atoms with van der Waals surface area (Å²) in [4.78, 5) is 0. The first-order chi connectivity index (χ1) is 9.27. The number of aromatic nitrogens is 3. The van der Waals surface area contributed by atoms with Gasteiger partial charge < -0.3 is 24.5 Å². The van der Waals surface area contributed by atoms with E-state index in [-0.39, 0.29) is 0 Å². The van der Waals surface area contributed by atoms with Crippen molar-refractivity contribution in [2.45, 2.75) is 33.0 Å². The third-order valence-corrected chi connectivity index (χ3v) is 2.59. The summed E-state index contributed by atoms with van der Waals surface area (Å²) in [5, 5.41) is 20.7. The topological polar surface area (TPSA) is 81.4 Å². The van der Waals surface area contributed by atoms with Crippen molar-refractivity contribution in [1.29, 1.82) is 0 Å². The molecule has 0 amide bonds. The zero-order chi connectivity index (χ0) is 13.9. The van der Waals surface area contributed by atoms with E-state index in [4.69, 9.17) is 9.47 Å². The molecule has 0 aliphatic heterocycles. The molecule has 1 aromatic rings. The van der Waals surface area contributed by atoms with Crippen LogP contribution in [0, 0.1) is 0 Å². The molecule has 0 saturated carbocycles. The molecule has 0 aliphatic rings. The molecular weight excluding hydrogens is 248 g/mol. The molecule has 19 heavy (non-hydrogen) atoms. The van der Waals surface area contributed by atoms with E-state index < -0.39 is 6.10 Å². The lowest BCUT2D eigenvalue weighted by molar-refractivity contribution is 0.00637. The minimum Gasteiger partial charge on any atom is -0.389 e. The fraction of sp³-hybridized carbons (Fsp3) is 0.833. The molecule has 7 heteroatoms. The number of nitrogens with zero attached hydrogens (tertiary/aromatic N) is 3. The maximum Gasteiger partial charge on any atom is 0.146 e. The summed E-state index contributed by atoms with van der Waals surface area (Å²) >= 11 is 0. The largest absolute Gasteiger partial charge is 0.389 e. The zero-order valence-corrected chi connectivity index (χ0v) is 11.7. The van der Waals surface area contributed by atoms with Gasteiger partial charge in [-0.3, -0.25) is 0 Å². The fourth-order valence-corrected chi connectivity index (χ4v) is 1.57. The Labute approximate surface area is 113 Å². The molecule has 0 aliphatic carbocycles. The Morgan fingerprint density at radius 2 is 2.16 bits per heavy atom. The van der Waals surface area contributed by atoms with Crippen LogP contribution in [0.4, 0.5) is 0 Å². The molecular formula is C12H24N4O3. The number of aliphatic hydroxyl groups is 1.